The van der Waals surface area contributed by atoms with Crippen LogP contribution >= 0.6 is 0 Å². The Morgan fingerprint density at radius 2 is 1.88 bits per heavy atom. The van der Waals surface area contributed by atoms with E-state index in [1.807, 2.05) is 24.3 Å². The summed E-state index contributed by atoms with van der Waals surface area (Å²) in [5.41, 5.74) is 7.22. The lowest BCUT2D eigenvalue weighted by Crippen LogP contribution is -2.23. The van der Waals surface area contributed by atoms with Crippen LogP contribution in [-0.2, 0) is 12.8 Å². The minimum absolute atomic E-state index is 0.378. The number of hydrogen-bond donors (Lipinski definition) is 3. The van der Waals surface area contributed by atoms with Crippen LogP contribution in [0.1, 0.15) is 11.3 Å². The van der Waals surface area contributed by atoms with Crippen LogP contribution in [0.25, 0.3) is 0 Å². The molecule has 0 aliphatic heterocycles. The van der Waals surface area contributed by atoms with Crippen molar-refractivity contribution in [1.29, 1.82) is 0 Å². The highest BCUT2D eigenvalue weighted by molar-refractivity contribution is 5.40. The smallest absolute Gasteiger partial charge is 0.325 e. The first-order valence-corrected chi connectivity index (χ1v) is 5.30. The van der Waals surface area contributed by atoms with Gasteiger partial charge in [-0.15, -0.1) is 0 Å². The van der Waals surface area contributed by atoms with Crippen molar-refractivity contribution in [3.8, 4) is 0 Å². The zero-order valence-electron chi connectivity index (χ0n) is 9.19. The molecule has 88 valence electrons. The molecule has 2 aromatic rings. The molecule has 0 aliphatic rings. The summed E-state index contributed by atoms with van der Waals surface area (Å²) in [4.78, 5) is 26.8. The normalized spacial score (nSPS) is 10.4. The molecule has 0 atom stereocenters. The Bertz CT molecular complexity index is 600. The van der Waals surface area contributed by atoms with E-state index in [0.717, 1.165) is 12.0 Å². The topological polar surface area (TPSA) is 91.7 Å². The quantitative estimate of drug-likeness (QED) is 0.669. The highest BCUT2D eigenvalue weighted by Crippen LogP contribution is 2.08. The lowest BCUT2D eigenvalue weighted by molar-refractivity contribution is 0.872. The monoisotopic (exact) mass is 231 g/mol. The molecule has 0 aliphatic carbocycles. The van der Waals surface area contributed by atoms with Gasteiger partial charge >= 0.3 is 5.69 Å². The van der Waals surface area contributed by atoms with E-state index in [9.17, 15) is 9.59 Å². The molecule has 2 rings (SSSR count). The van der Waals surface area contributed by atoms with Gasteiger partial charge < -0.3 is 10.7 Å². The van der Waals surface area contributed by atoms with Gasteiger partial charge in [0.05, 0.1) is 0 Å². The van der Waals surface area contributed by atoms with E-state index in [1.54, 1.807) is 0 Å². The molecule has 0 amide bonds. The van der Waals surface area contributed by atoms with Gasteiger partial charge in [-0.05, 0) is 30.5 Å². The van der Waals surface area contributed by atoms with E-state index in [2.05, 4.69) is 9.97 Å². The number of nitrogens with two attached hydrogens (primary N) is 1. The number of nitrogen functional groups attached to an aromatic ring is 1. The van der Waals surface area contributed by atoms with Gasteiger partial charge in [-0.2, -0.15) is 0 Å². The maximum atomic E-state index is 11.1. The van der Waals surface area contributed by atoms with Crippen LogP contribution in [0.15, 0.2) is 39.9 Å². The van der Waals surface area contributed by atoms with Crippen molar-refractivity contribution in [2.45, 2.75) is 12.8 Å². The minimum Gasteiger partial charge on any atom is -0.399 e. The molecule has 0 saturated heterocycles. The fourth-order valence-corrected chi connectivity index (χ4v) is 1.68. The Morgan fingerprint density at radius 3 is 2.59 bits per heavy atom. The molecule has 5 nitrogen and oxygen atoms in total. The lowest BCUT2D eigenvalue weighted by Gasteiger charge is -2.02. The molecule has 1 aromatic carbocycles. The molecule has 17 heavy (non-hydrogen) atoms. The molecule has 0 bridgehead atoms. The highest BCUT2D eigenvalue weighted by Gasteiger charge is 1.99. The Balaban J connectivity index is 2.12. The summed E-state index contributed by atoms with van der Waals surface area (Å²) >= 11 is 0. The average molecular weight is 231 g/mol. The number of nitrogens with one attached hydrogen (secondary N) is 2. The summed E-state index contributed by atoms with van der Waals surface area (Å²) in [7, 11) is 0. The van der Waals surface area contributed by atoms with Gasteiger partial charge in [0, 0.05) is 17.4 Å². The first-order valence-electron chi connectivity index (χ1n) is 5.30. The predicted octanol–water partition coefficient (Wildman–Crippen LogP) is 0.431. The first kappa shape index (κ1) is 11.2. The molecule has 0 fully saturated rings. The van der Waals surface area contributed by atoms with Crippen molar-refractivity contribution in [2.24, 2.45) is 0 Å². The number of benzene rings is 1. The number of H-pyrrole nitrogens is 2. The summed E-state index contributed by atoms with van der Waals surface area (Å²) < 4.78 is 0. The van der Waals surface area contributed by atoms with Crippen molar-refractivity contribution in [3.63, 3.8) is 0 Å². The fourth-order valence-electron chi connectivity index (χ4n) is 1.68. The zero-order valence-corrected chi connectivity index (χ0v) is 9.19. The molecule has 0 saturated carbocycles. The lowest BCUT2D eigenvalue weighted by atomic mass is 10.1. The summed E-state index contributed by atoms with van der Waals surface area (Å²) in [6.45, 7) is 0. The first-order chi connectivity index (χ1) is 8.13. The Labute approximate surface area is 97.3 Å². The summed E-state index contributed by atoms with van der Waals surface area (Å²) in [6.07, 6.45) is 1.33. The van der Waals surface area contributed by atoms with Gasteiger partial charge in [-0.3, -0.25) is 9.78 Å². The molecular formula is C12H13N3O2. The van der Waals surface area contributed by atoms with E-state index in [1.165, 1.54) is 6.07 Å². The van der Waals surface area contributed by atoms with Gasteiger partial charge in [0.25, 0.3) is 5.56 Å². The van der Waals surface area contributed by atoms with Gasteiger partial charge in [0.1, 0.15) is 0 Å². The van der Waals surface area contributed by atoms with E-state index in [-0.39, 0.29) is 5.56 Å². The number of aromatic nitrogens is 2. The van der Waals surface area contributed by atoms with Crippen LogP contribution in [0.3, 0.4) is 0 Å². The van der Waals surface area contributed by atoms with Gasteiger partial charge in [-0.25, -0.2) is 4.79 Å². The summed E-state index contributed by atoms with van der Waals surface area (Å²) in [5.74, 6) is 0. The third kappa shape index (κ3) is 3.07. The second-order valence-corrected chi connectivity index (χ2v) is 3.86. The third-order valence-electron chi connectivity index (χ3n) is 2.45. The summed E-state index contributed by atoms with van der Waals surface area (Å²) in [6, 6.07) is 8.93. The van der Waals surface area contributed by atoms with Crippen molar-refractivity contribution in [2.75, 3.05) is 5.73 Å². The highest BCUT2D eigenvalue weighted by atomic mass is 16.2. The van der Waals surface area contributed by atoms with E-state index >= 15 is 0 Å². The largest absolute Gasteiger partial charge is 0.399 e. The van der Waals surface area contributed by atoms with Crippen LogP contribution in [-0.4, -0.2) is 9.97 Å². The van der Waals surface area contributed by atoms with Gasteiger partial charge in [-0.1, -0.05) is 12.1 Å². The Hall–Kier alpha value is -2.30. The maximum absolute atomic E-state index is 11.1. The standard InChI is InChI=1S/C12H13N3O2/c13-9-3-1-2-8(6-9)4-5-10-7-11(16)15-12(17)14-10/h1-3,6-7H,4-5,13H2,(H2,14,15,16,17). The second-order valence-electron chi connectivity index (χ2n) is 3.86. The number of aromatic amines is 2. The molecular weight excluding hydrogens is 218 g/mol. The maximum Gasteiger partial charge on any atom is 0.325 e. The van der Waals surface area contributed by atoms with Crippen LogP contribution in [0.4, 0.5) is 5.69 Å². The molecule has 5 heteroatoms. The predicted molar refractivity (Wildman–Crippen MR) is 65.9 cm³/mol. The van der Waals surface area contributed by atoms with Crippen molar-refractivity contribution in [1.82, 2.24) is 9.97 Å². The Kier molecular flexibility index (Phi) is 3.09. The van der Waals surface area contributed by atoms with Gasteiger partial charge in [0.2, 0.25) is 0 Å². The molecule has 0 spiro atoms. The van der Waals surface area contributed by atoms with Crippen LogP contribution in [0.5, 0.6) is 0 Å². The third-order valence-corrected chi connectivity index (χ3v) is 2.45. The second kappa shape index (κ2) is 4.69. The van der Waals surface area contributed by atoms with Gasteiger partial charge in [0.15, 0.2) is 0 Å². The SMILES string of the molecule is Nc1cccc(CCc2cc(=O)[nH]c(=O)[nH]2)c1. The minimum atomic E-state index is -0.472. The van der Waals surface area contributed by atoms with Crippen LogP contribution < -0.4 is 17.0 Å². The van der Waals surface area contributed by atoms with Crippen molar-refractivity contribution in [3.05, 3.63) is 62.4 Å². The molecule has 1 aromatic heterocycles. The Morgan fingerprint density at radius 1 is 1.06 bits per heavy atom. The molecule has 0 unspecified atom stereocenters. The average Bonchev–Trinajstić information content (AvgIpc) is 2.25. The number of hydrogen-bond acceptors (Lipinski definition) is 3. The number of anilines is 1. The number of rotatable bonds is 3. The molecule has 1 heterocycles. The van der Waals surface area contributed by atoms with Crippen LogP contribution in [0.2, 0.25) is 0 Å². The van der Waals surface area contributed by atoms with E-state index in [4.69, 9.17) is 5.73 Å². The summed E-state index contributed by atoms with van der Waals surface area (Å²) in [5, 5.41) is 0. The molecule has 4 N–H and O–H groups in total. The van der Waals surface area contributed by atoms with Crippen LogP contribution in [0, 0.1) is 0 Å². The number of aryl methyl sites for hydroxylation is 2. The van der Waals surface area contributed by atoms with E-state index < -0.39 is 5.69 Å². The van der Waals surface area contributed by atoms with Crippen molar-refractivity contribution < 1.29 is 0 Å². The fraction of sp³-hybridized carbons (Fsp3) is 0.167. The zero-order chi connectivity index (χ0) is 12.3. The van der Waals surface area contributed by atoms with E-state index in [0.29, 0.717) is 17.8 Å². The molecule has 0 radical (unpaired) electrons. The van der Waals surface area contributed by atoms with Crippen molar-refractivity contribution >= 4 is 5.69 Å².